The fourth-order valence-electron chi connectivity index (χ4n) is 2.52. The first-order chi connectivity index (χ1) is 13.1. The summed E-state index contributed by atoms with van der Waals surface area (Å²) >= 11 is 0. The van der Waals surface area contributed by atoms with Crippen molar-refractivity contribution in [3.8, 4) is 0 Å². The van der Waals surface area contributed by atoms with E-state index < -0.39 is 10.0 Å². The number of hydrogen-bond donors (Lipinski definition) is 3. The van der Waals surface area contributed by atoms with Gasteiger partial charge in [-0.15, -0.1) is 24.0 Å². The number of aromatic nitrogens is 1. The minimum atomic E-state index is -3.55. The molecule has 3 N–H and O–H groups in total. The van der Waals surface area contributed by atoms with E-state index in [1.165, 1.54) is 29.6 Å². The Labute approximate surface area is 184 Å². The first kappa shape index (κ1) is 24.3. The molecule has 7 nitrogen and oxygen atoms in total. The van der Waals surface area contributed by atoms with Crippen molar-refractivity contribution in [2.75, 3.05) is 19.6 Å². The van der Waals surface area contributed by atoms with Crippen LogP contribution in [-0.2, 0) is 23.0 Å². The van der Waals surface area contributed by atoms with Gasteiger partial charge in [0.1, 0.15) is 4.90 Å². The molecule has 2 rings (SSSR count). The summed E-state index contributed by atoms with van der Waals surface area (Å²) in [6, 6.07) is 11.3. The maximum absolute atomic E-state index is 12.2. The largest absolute Gasteiger partial charge is 0.357 e. The molecule has 0 atom stereocenters. The van der Waals surface area contributed by atoms with E-state index >= 15 is 0 Å². The zero-order valence-electron chi connectivity index (χ0n) is 16.2. The van der Waals surface area contributed by atoms with Gasteiger partial charge in [-0.3, -0.25) is 4.98 Å². The first-order valence-electron chi connectivity index (χ1n) is 9.05. The molecule has 154 valence electrons. The molecular weight excluding hydrogens is 489 g/mol. The third-order valence-electron chi connectivity index (χ3n) is 3.91. The second-order valence-electron chi connectivity index (χ2n) is 5.83. The van der Waals surface area contributed by atoms with Crippen molar-refractivity contribution in [2.24, 2.45) is 4.99 Å². The van der Waals surface area contributed by atoms with E-state index in [4.69, 9.17) is 0 Å². The van der Waals surface area contributed by atoms with Crippen LogP contribution >= 0.6 is 24.0 Å². The zero-order chi connectivity index (χ0) is 19.5. The Morgan fingerprint density at radius 1 is 1.04 bits per heavy atom. The minimum absolute atomic E-state index is 0. The molecule has 0 saturated carbocycles. The Balaban J connectivity index is 0.00000392. The van der Waals surface area contributed by atoms with E-state index in [1.54, 1.807) is 6.07 Å². The molecule has 0 saturated heterocycles. The molecule has 0 fully saturated rings. The van der Waals surface area contributed by atoms with Gasteiger partial charge in [-0.1, -0.05) is 31.2 Å². The molecule has 0 radical (unpaired) electrons. The summed E-state index contributed by atoms with van der Waals surface area (Å²) in [4.78, 5) is 8.58. The molecule has 1 aromatic carbocycles. The molecule has 0 bridgehead atoms. The first-order valence-corrected chi connectivity index (χ1v) is 10.5. The molecule has 0 aliphatic carbocycles. The Kier molecular flexibility index (Phi) is 11.0. The molecule has 1 aromatic heterocycles. The number of guanidine groups is 1. The molecular formula is C19H28IN5O2S. The Morgan fingerprint density at radius 2 is 1.79 bits per heavy atom. The van der Waals surface area contributed by atoms with Crippen LogP contribution in [0.4, 0.5) is 0 Å². The van der Waals surface area contributed by atoms with Crippen molar-refractivity contribution in [1.29, 1.82) is 0 Å². The second-order valence-corrected chi connectivity index (χ2v) is 7.60. The van der Waals surface area contributed by atoms with Crippen LogP contribution in [0, 0.1) is 0 Å². The summed E-state index contributed by atoms with van der Waals surface area (Å²) in [7, 11) is -3.55. The number of hydrogen-bond acceptors (Lipinski definition) is 4. The summed E-state index contributed by atoms with van der Waals surface area (Å²) in [5.41, 5.74) is 2.47. The number of aliphatic imine (C=N–C) groups is 1. The lowest BCUT2D eigenvalue weighted by Crippen LogP contribution is -2.41. The average Bonchev–Trinajstić information content (AvgIpc) is 2.70. The lowest BCUT2D eigenvalue weighted by molar-refractivity contribution is 0.580. The summed E-state index contributed by atoms with van der Waals surface area (Å²) in [5, 5.41) is 6.32. The predicted octanol–water partition coefficient (Wildman–Crippen LogP) is 2.30. The van der Waals surface area contributed by atoms with E-state index in [1.807, 2.05) is 19.1 Å². The topological polar surface area (TPSA) is 95.5 Å². The SMILES string of the molecule is CCNC(=NCc1ccccc1CC)NCCNS(=O)(=O)c1cccnc1.I. The molecule has 0 aliphatic rings. The van der Waals surface area contributed by atoms with Crippen molar-refractivity contribution < 1.29 is 8.42 Å². The van der Waals surface area contributed by atoms with Gasteiger partial charge in [0.25, 0.3) is 0 Å². The van der Waals surface area contributed by atoms with Crippen LogP contribution in [0.15, 0.2) is 58.7 Å². The van der Waals surface area contributed by atoms with Gasteiger partial charge in [0.05, 0.1) is 6.54 Å². The van der Waals surface area contributed by atoms with Crippen LogP contribution < -0.4 is 15.4 Å². The standard InChI is InChI=1S/C19H27N5O2S.HI/c1-3-16-8-5-6-9-17(16)14-23-19(21-4-2)22-12-13-24-27(25,26)18-10-7-11-20-15-18;/h5-11,15,24H,3-4,12-14H2,1-2H3,(H2,21,22,23);1H. The number of sulfonamides is 1. The van der Waals surface area contributed by atoms with E-state index in [2.05, 4.69) is 44.4 Å². The lowest BCUT2D eigenvalue weighted by atomic mass is 10.1. The minimum Gasteiger partial charge on any atom is -0.357 e. The average molecular weight is 517 g/mol. The quantitative estimate of drug-likeness (QED) is 0.205. The highest BCUT2D eigenvalue weighted by atomic mass is 127. The van der Waals surface area contributed by atoms with Crippen LogP contribution in [0.5, 0.6) is 0 Å². The van der Waals surface area contributed by atoms with Crippen LogP contribution in [0.25, 0.3) is 0 Å². The number of pyridine rings is 1. The van der Waals surface area contributed by atoms with Crippen molar-refractivity contribution in [2.45, 2.75) is 31.7 Å². The normalized spacial score (nSPS) is 11.6. The number of aryl methyl sites for hydroxylation is 1. The highest BCUT2D eigenvalue weighted by Gasteiger charge is 2.12. The van der Waals surface area contributed by atoms with Crippen molar-refractivity contribution in [3.05, 3.63) is 59.9 Å². The number of benzene rings is 1. The smallest absolute Gasteiger partial charge is 0.242 e. The summed E-state index contributed by atoms with van der Waals surface area (Å²) < 4.78 is 26.9. The third-order valence-corrected chi connectivity index (χ3v) is 5.35. The van der Waals surface area contributed by atoms with Crippen molar-refractivity contribution in [3.63, 3.8) is 0 Å². The van der Waals surface area contributed by atoms with Crippen LogP contribution in [0.3, 0.4) is 0 Å². The van der Waals surface area contributed by atoms with E-state index in [9.17, 15) is 8.42 Å². The summed E-state index contributed by atoms with van der Waals surface area (Å²) in [6.07, 6.45) is 3.83. The molecule has 0 unspecified atom stereocenters. The lowest BCUT2D eigenvalue weighted by Gasteiger charge is -2.13. The number of rotatable bonds is 9. The van der Waals surface area contributed by atoms with Crippen molar-refractivity contribution >= 4 is 40.0 Å². The van der Waals surface area contributed by atoms with Crippen LogP contribution in [0.1, 0.15) is 25.0 Å². The highest BCUT2D eigenvalue weighted by Crippen LogP contribution is 2.10. The molecule has 28 heavy (non-hydrogen) atoms. The highest BCUT2D eigenvalue weighted by molar-refractivity contribution is 14.0. The fraction of sp³-hybridized carbons (Fsp3) is 0.368. The molecule has 2 aromatic rings. The Morgan fingerprint density at radius 3 is 2.43 bits per heavy atom. The van der Waals surface area contributed by atoms with Gasteiger partial charge in [-0.2, -0.15) is 0 Å². The van der Waals surface area contributed by atoms with Gasteiger partial charge < -0.3 is 10.6 Å². The third kappa shape index (κ3) is 7.72. The molecule has 0 aliphatic heterocycles. The van der Waals surface area contributed by atoms with Gasteiger partial charge >= 0.3 is 0 Å². The second kappa shape index (κ2) is 12.7. The van der Waals surface area contributed by atoms with Gasteiger partial charge in [0, 0.05) is 32.0 Å². The Hall–Kier alpha value is -1.72. The van der Waals surface area contributed by atoms with Crippen LogP contribution in [-0.4, -0.2) is 39.0 Å². The van der Waals surface area contributed by atoms with E-state index in [0.717, 1.165) is 13.0 Å². The van der Waals surface area contributed by atoms with Crippen LogP contribution in [0.2, 0.25) is 0 Å². The van der Waals surface area contributed by atoms with E-state index in [-0.39, 0.29) is 35.4 Å². The number of nitrogens with one attached hydrogen (secondary N) is 3. The van der Waals surface area contributed by atoms with Gasteiger partial charge in [-0.05, 0) is 36.6 Å². The number of nitrogens with zero attached hydrogens (tertiary/aromatic N) is 2. The molecule has 9 heteroatoms. The zero-order valence-corrected chi connectivity index (χ0v) is 19.3. The fourth-order valence-corrected chi connectivity index (χ4v) is 3.51. The van der Waals surface area contributed by atoms with E-state index in [0.29, 0.717) is 19.0 Å². The summed E-state index contributed by atoms with van der Waals surface area (Å²) in [5.74, 6) is 0.656. The maximum atomic E-state index is 12.2. The van der Waals surface area contributed by atoms with Gasteiger partial charge in [-0.25, -0.2) is 18.1 Å². The molecule has 0 spiro atoms. The molecule has 1 heterocycles. The molecule has 0 amide bonds. The van der Waals surface area contributed by atoms with Crippen molar-refractivity contribution in [1.82, 2.24) is 20.3 Å². The Bertz CT molecular complexity index is 844. The van der Waals surface area contributed by atoms with Gasteiger partial charge in [0.15, 0.2) is 5.96 Å². The summed E-state index contributed by atoms with van der Waals surface area (Å²) in [6.45, 7) is 6.07. The monoisotopic (exact) mass is 517 g/mol. The predicted molar refractivity (Wildman–Crippen MR) is 123 cm³/mol. The number of halogens is 1. The van der Waals surface area contributed by atoms with Gasteiger partial charge in [0.2, 0.25) is 10.0 Å². The maximum Gasteiger partial charge on any atom is 0.242 e.